The van der Waals surface area contributed by atoms with Crippen LogP contribution in [-0.2, 0) is 0 Å². The first kappa shape index (κ1) is 14.8. The van der Waals surface area contributed by atoms with Gasteiger partial charge in [0.15, 0.2) is 11.5 Å². The fraction of sp³-hybridized carbons (Fsp3) is 0.500. The van der Waals surface area contributed by atoms with Crippen molar-refractivity contribution in [2.45, 2.75) is 32.7 Å². The van der Waals surface area contributed by atoms with E-state index >= 15 is 0 Å². The first-order valence-corrected chi connectivity index (χ1v) is 7.63. The summed E-state index contributed by atoms with van der Waals surface area (Å²) in [5.41, 5.74) is 4.21. The van der Waals surface area contributed by atoms with E-state index in [2.05, 4.69) is 29.3 Å². The SMILES string of the molecule is CC(C)N1CCC(=NNC(=O)c2ccc3c(c2)OCO3)CC1. The van der Waals surface area contributed by atoms with E-state index in [0.717, 1.165) is 31.6 Å². The van der Waals surface area contributed by atoms with Crippen LogP contribution in [0, 0.1) is 0 Å². The number of rotatable bonds is 3. The van der Waals surface area contributed by atoms with E-state index in [-0.39, 0.29) is 12.7 Å². The van der Waals surface area contributed by atoms with Crippen molar-refractivity contribution in [2.75, 3.05) is 19.9 Å². The number of ether oxygens (including phenoxy) is 2. The van der Waals surface area contributed by atoms with Crippen molar-refractivity contribution in [2.24, 2.45) is 5.10 Å². The fourth-order valence-electron chi connectivity index (χ4n) is 2.64. The molecule has 22 heavy (non-hydrogen) atoms. The predicted molar refractivity (Wildman–Crippen MR) is 83.4 cm³/mol. The van der Waals surface area contributed by atoms with Gasteiger partial charge in [-0.3, -0.25) is 4.79 Å². The van der Waals surface area contributed by atoms with Crippen LogP contribution >= 0.6 is 0 Å². The minimum atomic E-state index is -0.225. The summed E-state index contributed by atoms with van der Waals surface area (Å²) in [5, 5.41) is 4.27. The molecule has 0 atom stereocenters. The number of piperidine rings is 1. The molecule has 1 aromatic rings. The Kier molecular flexibility index (Phi) is 4.29. The smallest absolute Gasteiger partial charge is 0.271 e. The number of amides is 1. The van der Waals surface area contributed by atoms with Gasteiger partial charge >= 0.3 is 0 Å². The normalized spacial score (nSPS) is 17.7. The number of benzene rings is 1. The molecular formula is C16H21N3O3. The average molecular weight is 303 g/mol. The first-order chi connectivity index (χ1) is 10.6. The number of likely N-dealkylation sites (tertiary alicyclic amines) is 1. The maximum atomic E-state index is 12.1. The van der Waals surface area contributed by atoms with Crippen LogP contribution in [0.15, 0.2) is 23.3 Å². The Morgan fingerprint density at radius 3 is 2.68 bits per heavy atom. The van der Waals surface area contributed by atoms with Crippen molar-refractivity contribution in [1.29, 1.82) is 0 Å². The van der Waals surface area contributed by atoms with E-state index in [0.29, 0.717) is 23.1 Å². The average Bonchev–Trinajstić information content (AvgIpc) is 3.00. The Labute approximate surface area is 130 Å². The molecule has 0 saturated carbocycles. The molecule has 0 aromatic heterocycles. The molecule has 118 valence electrons. The van der Waals surface area contributed by atoms with Crippen molar-refractivity contribution < 1.29 is 14.3 Å². The Hall–Kier alpha value is -2.08. The third-order valence-electron chi connectivity index (χ3n) is 4.06. The van der Waals surface area contributed by atoms with Crippen molar-refractivity contribution in [1.82, 2.24) is 10.3 Å². The molecule has 1 N–H and O–H groups in total. The Morgan fingerprint density at radius 2 is 1.95 bits per heavy atom. The quantitative estimate of drug-likeness (QED) is 0.868. The molecule has 1 fully saturated rings. The van der Waals surface area contributed by atoms with Gasteiger partial charge in [-0.05, 0) is 32.0 Å². The van der Waals surface area contributed by atoms with Gasteiger partial charge in [-0.15, -0.1) is 0 Å². The summed E-state index contributed by atoms with van der Waals surface area (Å²) in [5.74, 6) is 1.05. The molecule has 0 radical (unpaired) electrons. The van der Waals surface area contributed by atoms with Gasteiger partial charge < -0.3 is 14.4 Å². The number of hydrazone groups is 1. The second-order valence-electron chi connectivity index (χ2n) is 5.82. The second kappa shape index (κ2) is 6.36. The summed E-state index contributed by atoms with van der Waals surface area (Å²) in [6.45, 7) is 6.59. The van der Waals surface area contributed by atoms with Crippen LogP contribution in [-0.4, -0.2) is 42.4 Å². The molecule has 3 rings (SSSR count). The van der Waals surface area contributed by atoms with Gasteiger partial charge in [0.25, 0.3) is 5.91 Å². The van der Waals surface area contributed by atoms with Crippen molar-refractivity contribution in [3.63, 3.8) is 0 Å². The van der Waals surface area contributed by atoms with Gasteiger partial charge in [-0.25, -0.2) is 5.43 Å². The summed E-state index contributed by atoms with van der Waals surface area (Å²) < 4.78 is 10.5. The van der Waals surface area contributed by atoms with Gasteiger partial charge in [0, 0.05) is 43.2 Å². The van der Waals surface area contributed by atoms with Crippen molar-refractivity contribution >= 4 is 11.6 Å². The number of carbonyl (C=O) groups excluding carboxylic acids is 1. The van der Waals surface area contributed by atoms with E-state index in [4.69, 9.17) is 9.47 Å². The number of nitrogens with one attached hydrogen (secondary N) is 1. The minimum absolute atomic E-state index is 0.203. The monoisotopic (exact) mass is 303 g/mol. The van der Waals surface area contributed by atoms with Crippen molar-refractivity contribution in [3.05, 3.63) is 23.8 Å². The lowest BCUT2D eigenvalue weighted by atomic mass is 10.1. The predicted octanol–water partition coefficient (Wildman–Crippen LogP) is 2.01. The highest BCUT2D eigenvalue weighted by molar-refractivity contribution is 5.96. The van der Waals surface area contributed by atoms with Gasteiger partial charge in [0.05, 0.1) is 0 Å². The zero-order valence-corrected chi connectivity index (χ0v) is 13.0. The molecule has 6 nitrogen and oxygen atoms in total. The highest BCUT2D eigenvalue weighted by Gasteiger charge is 2.18. The molecule has 2 aliphatic rings. The largest absolute Gasteiger partial charge is 0.454 e. The summed E-state index contributed by atoms with van der Waals surface area (Å²) in [4.78, 5) is 14.6. The fourth-order valence-corrected chi connectivity index (χ4v) is 2.64. The molecule has 0 aliphatic carbocycles. The Morgan fingerprint density at radius 1 is 1.23 bits per heavy atom. The van der Waals surface area contributed by atoms with Crippen molar-refractivity contribution in [3.8, 4) is 11.5 Å². The molecule has 1 amide bonds. The van der Waals surface area contributed by atoms with Crippen LogP contribution in [0.2, 0.25) is 0 Å². The molecular weight excluding hydrogens is 282 g/mol. The second-order valence-corrected chi connectivity index (χ2v) is 5.82. The first-order valence-electron chi connectivity index (χ1n) is 7.63. The van der Waals surface area contributed by atoms with Gasteiger partial charge in [-0.1, -0.05) is 0 Å². The third kappa shape index (κ3) is 3.22. The molecule has 1 aromatic carbocycles. The molecule has 2 heterocycles. The van der Waals surface area contributed by atoms with Crippen LogP contribution in [0.5, 0.6) is 11.5 Å². The molecule has 0 bridgehead atoms. The summed E-state index contributed by atoms with van der Waals surface area (Å²) >= 11 is 0. The van der Waals surface area contributed by atoms with E-state index < -0.39 is 0 Å². The maximum Gasteiger partial charge on any atom is 0.271 e. The lowest BCUT2D eigenvalue weighted by Gasteiger charge is -2.30. The molecule has 0 spiro atoms. The zero-order valence-electron chi connectivity index (χ0n) is 13.0. The topological polar surface area (TPSA) is 63.2 Å². The van der Waals surface area contributed by atoms with Crippen LogP contribution in [0.4, 0.5) is 0 Å². The number of hydrogen-bond acceptors (Lipinski definition) is 5. The molecule has 2 aliphatic heterocycles. The minimum Gasteiger partial charge on any atom is -0.454 e. The van der Waals surface area contributed by atoms with Crippen LogP contribution in [0.1, 0.15) is 37.0 Å². The number of carbonyl (C=O) groups is 1. The lowest BCUT2D eigenvalue weighted by Crippen LogP contribution is -2.39. The standard InChI is InChI=1S/C16H21N3O3/c1-11(2)19-7-5-13(6-8-19)17-18-16(20)12-3-4-14-15(9-12)22-10-21-14/h3-4,9,11H,5-8,10H2,1-2H3,(H,18,20). The van der Waals surface area contributed by atoms with Crippen LogP contribution in [0.3, 0.4) is 0 Å². The van der Waals surface area contributed by atoms with E-state index in [1.165, 1.54) is 0 Å². The zero-order chi connectivity index (χ0) is 15.5. The maximum absolute atomic E-state index is 12.1. The van der Waals surface area contributed by atoms with E-state index in [9.17, 15) is 4.79 Å². The summed E-state index contributed by atoms with van der Waals surface area (Å²) in [6, 6.07) is 5.69. The van der Waals surface area contributed by atoms with E-state index in [1.807, 2.05) is 0 Å². The molecule has 0 unspecified atom stereocenters. The Bertz CT molecular complexity index is 588. The highest BCUT2D eigenvalue weighted by Crippen LogP contribution is 2.32. The van der Waals surface area contributed by atoms with Gasteiger partial charge in [0.2, 0.25) is 6.79 Å². The van der Waals surface area contributed by atoms with Gasteiger partial charge in [-0.2, -0.15) is 5.10 Å². The number of nitrogens with zero attached hydrogens (tertiary/aromatic N) is 2. The summed E-state index contributed by atoms with van der Waals surface area (Å²) in [6.07, 6.45) is 1.80. The molecule has 1 saturated heterocycles. The third-order valence-corrected chi connectivity index (χ3v) is 4.06. The Balaban J connectivity index is 1.57. The van der Waals surface area contributed by atoms with E-state index in [1.54, 1.807) is 18.2 Å². The summed E-state index contributed by atoms with van der Waals surface area (Å²) in [7, 11) is 0. The van der Waals surface area contributed by atoms with Crippen LogP contribution < -0.4 is 14.9 Å². The van der Waals surface area contributed by atoms with Gasteiger partial charge in [0.1, 0.15) is 0 Å². The highest BCUT2D eigenvalue weighted by atomic mass is 16.7. The van der Waals surface area contributed by atoms with Crippen LogP contribution in [0.25, 0.3) is 0 Å². The number of fused-ring (bicyclic) bond motifs is 1. The lowest BCUT2D eigenvalue weighted by molar-refractivity contribution is 0.0953. The molecule has 6 heteroatoms. The number of hydrogen-bond donors (Lipinski definition) is 1.